The summed E-state index contributed by atoms with van der Waals surface area (Å²) in [6, 6.07) is 0. The SMILES string of the molecule is CCCCCCCCCCCCCCCC(=O)O[C@H](COC(=O)CCCCCCCCCCCC(C)C)COP(=O)(O)OC[C@H](O)COP(=O)(O)OC[C@@H](COC(=O)CCCCCCCCCCCCCCCC(C)C)OC(=O)CCCCCCCCCCCCCCCCCCC(C)C. The van der Waals surface area contributed by atoms with Crippen LogP contribution in [0.25, 0.3) is 0 Å². The number of carbonyl (C=O) groups is 4. The molecular weight excluding hydrogens is 1310 g/mol. The Labute approximate surface area is 613 Å². The molecule has 0 saturated carbocycles. The van der Waals surface area contributed by atoms with Gasteiger partial charge in [0.15, 0.2) is 12.2 Å². The van der Waals surface area contributed by atoms with Crippen LogP contribution in [0, 0.1) is 17.8 Å². The maximum Gasteiger partial charge on any atom is 0.472 e. The molecule has 0 spiro atoms. The largest absolute Gasteiger partial charge is 0.472 e. The van der Waals surface area contributed by atoms with E-state index in [0.29, 0.717) is 25.7 Å². The van der Waals surface area contributed by atoms with Gasteiger partial charge in [0.2, 0.25) is 0 Å². The molecule has 594 valence electrons. The molecule has 0 fully saturated rings. The highest BCUT2D eigenvalue weighted by atomic mass is 31.2. The van der Waals surface area contributed by atoms with Gasteiger partial charge in [-0.3, -0.25) is 37.3 Å². The van der Waals surface area contributed by atoms with Gasteiger partial charge in [0.1, 0.15) is 19.3 Å². The number of aliphatic hydroxyl groups excluding tert-OH is 1. The monoisotopic (exact) mass is 1470 g/mol. The zero-order chi connectivity index (χ0) is 73.7. The van der Waals surface area contributed by atoms with Crippen molar-refractivity contribution in [3.8, 4) is 0 Å². The van der Waals surface area contributed by atoms with E-state index in [1.54, 1.807) is 0 Å². The van der Waals surface area contributed by atoms with Gasteiger partial charge >= 0.3 is 39.5 Å². The van der Waals surface area contributed by atoms with Crippen molar-refractivity contribution in [1.82, 2.24) is 0 Å². The average molecular weight is 1470 g/mol. The number of carbonyl (C=O) groups excluding carboxylic acids is 4. The number of rotatable bonds is 79. The zero-order valence-corrected chi connectivity index (χ0v) is 67.5. The highest BCUT2D eigenvalue weighted by Crippen LogP contribution is 2.45. The first kappa shape index (κ1) is 98.1. The molecule has 17 nitrogen and oxygen atoms in total. The van der Waals surface area contributed by atoms with Gasteiger partial charge < -0.3 is 33.8 Å². The van der Waals surface area contributed by atoms with Crippen molar-refractivity contribution in [3.05, 3.63) is 0 Å². The third-order valence-electron chi connectivity index (χ3n) is 18.9. The van der Waals surface area contributed by atoms with Gasteiger partial charge in [0.05, 0.1) is 26.4 Å². The molecule has 0 radical (unpaired) electrons. The van der Waals surface area contributed by atoms with Gasteiger partial charge in [-0.1, -0.05) is 370 Å². The first-order chi connectivity index (χ1) is 48.2. The average Bonchev–Trinajstić information content (AvgIpc) is 1.15. The molecule has 0 bridgehead atoms. The van der Waals surface area contributed by atoms with Crippen molar-refractivity contribution in [1.29, 1.82) is 0 Å². The van der Waals surface area contributed by atoms with E-state index in [-0.39, 0.29) is 25.7 Å². The zero-order valence-electron chi connectivity index (χ0n) is 65.7. The molecular formula is C81H158O17P2. The third-order valence-corrected chi connectivity index (χ3v) is 20.8. The predicted molar refractivity (Wildman–Crippen MR) is 409 cm³/mol. The van der Waals surface area contributed by atoms with Gasteiger partial charge in [-0.15, -0.1) is 0 Å². The molecule has 0 aromatic heterocycles. The molecule has 2 unspecified atom stereocenters. The van der Waals surface area contributed by atoms with E-state index in [9.17, 15) is 43.2 Å². The first-order valence-corrected chi connectivity index (χ1v) is 44.8. The summed E-state index contributed by atoms with van der Waals surface area (Å²) in [5.74, 6) is 0.235. The van der Waals surface area contributed by atoms with Crippen molar-refractivity contribution in [3.63, 3.8) is 0 Å². The molecule has 0 aliphatic carbocycles. The maximum atomic E-state index is 13.1. The summed E-state index contributed by atoms with van der Waals surface area (Å²) in [6.45, 7) is 12.0. The summed E-state index contributed by atoms with van der Waals surface area (Å²) in [5.41, 5.74) is 0. The Morgan fingerprint density at radius 1 is 0.270 bits per heavy atom. The van der Waals surface area contributed by atoms with E-state index in [2.05, 4.69) is 48.5 Å². The van der Waals surface area contributed by atoms with Crippen molar-refractivity contribution >= 4 is 39.5 Å². The lowest BCUT2D eigenvalue weighted by Crippen LogP contribution is -2.30. The van der Waals surface area contributed by atoms with Crippen molar-refractivity contribution < 1.29 is 80.2 Å². The predicted octanol–water partition coefficient (Wildman–Crippen LogP) is 24.1. The number of phosphoric ester groups is 2. The number of hydrogen-bond donors (Lipinski definition) is 3. The van der Waals surface area contributed by atoms with Gasteiger partial charge in [-0.25, -0.2) is 9.13 Å². The molecule has 0 aliphatic heterocycles. The molecule has 0 rings (SSSR count). The van der Waals surface area contributed by atoms with Crippen LogP contribution in [0.15, 0.2) is 0 Å². The summed E-state index contributed by atoms with van der Waals surface area (Å²) in [5, 5.41) is 10.6. The minimum atomic E-state index is -4.96. The molecule has 19 heteroatoms. The Bertz CT molecular complexity index is 1940. The number of ether oxygens (including phenoxy) is 4. The van der Waals surface area contributed by atoms with Crippen LogP contribution in [-0.2, 0) is 65.4 Å². The van der Waals surface area contributed by atoms with E-state index in [1.807, 2.05) is 0 Å². The molecule has 0 heterocycles. The Kier molecular flexibility index (Phi) is 69.9. The van der Waals surface area contributed by atoms with Crippen LogP contribution in [0.1, 0.15) is 421 Å². The molecule has 100 heavy (non-hydrogen) atoms. The van der Waals surface area contributed by atoms with Crippen LogP contribution >= 0.6 is 15.6 Å². The fourth-order valence-corrected chi connectivity index (χ4v) is 14.1. The Balaban J connectivity index is 5.26. The molecule has 0 amide bonds. The van der Waals surface area contributed by atoms with Crippen LogP contribution in [0.2, 0.25) is 0 Å². The summed E-state index contributed by atoms with van der Waals surface area (Å²) < 4.78 is 68.7. The summed E-state index contributed by atoms with van der Waals surface area (Å²) >= 11 is 0. The second kappa shape index (κ2) is 71.3. The van der Waals surface area contributed by atoms with Crippen LogP contribution in [0.5, 0.6) is 0 Å². The standard InChI is InChI=1S/C81H158O17P2/c1-8-9-10-11-12-13-14-20-28-35-43-50-57-64-80(85)98-77(69-92-79(84)63-56-49-42-37-30-33-40-47-54-61-74(6)7)71-96-100(89,90)94-67-75(82)66-93-99(87,88)95-70-76(68-91-78(83)62-55-48-41-34-27-24-19-22-26-32-39-46-53-60-73(4)5)97-81(86)65-58-51-44-36-29-23-18-16-15-17-21-25-31-38-45-52-59-72(2)3/h72-77,82H,8-71H2,1-7H3,(H,87,88)(H,89,90)/t75-,76-,77-/m1/s1. The fourth-order valence-electron chi connectivity index (χ4n) is 12.5. The molecule has 3 N–H and O–H groups in total. The third kappa shape index (κ3) is 74.3. The highest BCUT2D eigenvalue weighted by Gasteiger charge is 2.30. The summed E-state index contributed by atoms with van der Waals surface area (Å²) in [4.78, 5) is 73.0. The lowest BCUT2D eigenvalue weighted by Gasteiger charge is -2.21. The van der Waals surface area contributed by atoms with Gasteiger partial charge in [0, 0.05) is 25.7 Å². The minimum Gasteiger partial charge on any atom is -0.462 e. The molecule has 5 atom stereocenters. The minimum absolute atomic E-state index is 0.107. The molecule has 0 aromatic rings. The van der Waals surface area contributed by atoms with E-state index in [1.165, 1.54) is 231 Å². The van der Waals surface area contributed by atoms with E-state index < -0.39 is 97.5 Å². The van der Waals surface area contributed by atoms with E-state index in [0.717, 1.165) is 108 Å². The van der Waals surface area contributed by atoms with Crippen LogP contribution in [-0.4, -0.2) is 96.7 Å². The molecule has 0 aromatic carbocycles. The second-order valence-corrected chi connectivity index (χ2v) is 33.5. The molecule has 0 saturated heterocycles. The van der Waals surface area contributed by atoms with E-state index >= 15 is 0 Å². The highest BCUT2D eigenvalue weighted by molar-refractivity contribution is 7.47. The topological polar surface area (TPSA) is 237 Å². The lowest BCUT2D eigenvalue weighted by molar-refractivity contribution is -0.161. The number of esters is 4. The first-order valence-electron chi connectivity index (χ1n) is 41.8. The number of hydrogen-bond acceptors (Lipinski definition) is 15. The maximum absolute atomic E-state index is 13.1. The number of phosphoric acid groups is 2. The normalized spacial score (nSPS) is 14.0. The van der Waals surface area contributed by atoms with Gasteiger partial charge in [-0.2, -0.15) is 0 Å². The van der Waals surface area contributed by atoms with Crippen LogP contribution in [0.4, 0.5) is 0 Å². The molecule has 0 aliphatic rings. The van der Waals surface area contributed by atoms with Gasteiger partial charge in [0.25, 0.3) is 0 Å². The smallest absolute Gasteiger partial charge is 0.462 e. The van der Waals surface area contributed by atoms with Crippen LogP contribution < -0.4 is 0 Å². The number of unbranched alkanes of at least 4 members (excludes halogenated alkanes) is 47. The van der Waals surface area contributed by atoms with E-state index in [4.69, 9.17) is 37.0 Å². The quantitative estimate of drug-likeness (QED) is 0.0222. The van der Waals surface area contributed by atoms with Crippen molar-refractivity contribution in [2.24, 2.45) is 17.8 Å². The second-order valence-electron chi connectivity index (χ2n) is 30.6. The fraction of sp³-hybridized carbons (Fsp3) is 0.951. The summed E-state index contributed by atoms with van der Waals surface area (Å²) in [7, 11) is -9.92. The Morgan fingerprint density at radius 2 is 0.460 bits per heavy atom. The van der Waals surface area contributed by atoms with Crippen molar-refractivity contribution in [2.45, 2.75) is 439 Å². The van der Waals surface area contributed by atoms with Crippen molar-refractivity contribution in [2.75, 3.05) is 39.6 Å². The Morgan fingerprint density at radius 3 is 0.680 bits per heavy atom. The van der Waals surface area contributed by atoms with Crippen LogP contribution in [0.3, 0.4) is 0 Å². The lowest BCUT2D eigenvalue weighted by atomic mass is 10.0. The number of aliphatic hydroxyl groups is 1. The summed E-state index contributed by atoms with van der Waals surface area (Å²) in [6.07, 6.45) is 59.6. The van der Waals surface area contributed by atoms with Gasteiger partial charge in [-0.05, 0) is 43.4 Å². The Hall–Kier alpha value is -1.94.